The van der Waals surface area contributed by atoms with Crippen LogP contribution >= 0.6 is 11.3 Å². The SMILES string of the molecule is NCCCN(Cc1ccccc1)C1CCCc2sccc21. The Kier molecular flexibility index (Phi) is 5.07. The maximum Gasteiger partial charge on any atom is 0.0362 e. The highest BCUT2D eigenvalue weighted by Gasteiger charge is 2.26. The van der Waals surface area contributed by atoms with Crippen molar-refractivity contribution in [3.05, 3.63) is 57.8 Å². The molecule has 0 radical (unpaired) electrons. The van der Waals surface area contributed by atoms with E-state index >= 15 is 0 Å². The second-order valence-electron chi connectivity index (χ2n) is 5.81. The van der Waals surface area contributed by atoms with Crippen LogP contribution in [0.4, 0.5) is 0 Å². The van der Waals surface area contributed by atoms with Crippen LogP contribution in [0.5, 0.6) is 0 Å². The van der Waals surface area contributed by atoms with E-state index in [1.807, 2.05) is 11.3 Å². The summed E-state index contributed by atoms with van der Waals surface area (Å²) in [4.78, 5) is 4.23. The number of rotatable bonds is 6. The van der Waals surface area contributed by atoms with E-state index < -0.39 is 0 Å². The molecule has 1 aliphatic carbocycles. The van der Waals surface area contributed by atoms with Crippen molar-refractivity contribution in [3.8, 4) is 0 Å². The van der Waals surface area contributed by atoms with E-state index in [2.05, 4.69) is 46.7 Å². The summed E-state index contributed by atoms with van der Waals surface area (Å²) in [5.41, 5.74) is 8.72. The van der Waals surface area contributed by atoms with Crippen molar-refractivity contribution >= 4 is 11.3 Å². The van der Waals surface area contributed by atoms with Crippen molar-refractivity contribution < 1.29 is 0 Å². The van der Waals surface area contributed by atoms with Crippen LogP contribution in [0.15, 0.2) is 41.8 Å². The predicted molar refractivity (Wildman–Crippen MR) is 90.5 cm³/mol. The second kappa shape index (κ2) is 7.21. The predicted octanol–water partition coefficient (Wildman–Crippen LogP) is 3.98. The lowest BCUT2D eigenvalue weighted by atomic mass is 9.92. The van der Waals surface area contributed by atoms with Crippen LogP contribution in [-0.4, -0.2) is 18.0 Å². The fraction of sp³-hybridized carbons (Fsp3) is 0.444. The van der Waals surface area contributed by atoms with Gasteiger partial charge in [0.25, 0.3) is 0 Å². The minimum atomic E-state index is 0.576. The van der Waals surface area contributed by atoms with E-state index in [1.54, 1.807) is 10.4 Å². The number of fused-ring (bicyclic) bond motifs is 1. The van der Waals surface area contributed by atoms with E-state index in [0.29, 0.717) is 6.04 Å². The third-order valence-electron chi connectivity index (χ3n) is 4.34. The maximum absolute atomic E-state index is 5.75. The molecule has 112 valence electrons. The molecule has 0 fully saturated rings. The molecule has 1 aromatic heterocycles. The molecule has 0 saturated carbocycles. The fourth-order valence-corrected chi connectivity index (χ4v) is 4.28. The lowest BCUT2D eigenvalue weighted by Gasteiger charge is -2.34. The summed E-state index contributed by atoms with van der Waals surface area (Å²) in [6.07, 6.45) is 4.93. The van der Waals surface area contributed by atoms with Gasteiger partial charge in [0.15, 0.2) is 0 Å². The van der Waals surface area contributed by atoms with Gasteiger partial charge >= 0.3 is 0 Å². The number of benzene rings is 1. The van der Waals surface area contributed by atoms with Crippen LogP contribution in [0.1, 0.15) is 41.3 Å². The van der Waals surface area contributed by atoms with Gasteiger partial charge in [-0.05, 0) is 54.8 Å². The summed E-state index contributed by atoms with van der Waals surface area (Å²) in [7, 11) is 0. The Balaban J connectivity index is 1.80. The molecule has 3 heteroatoms. The zero-order valence-corrected chi connectivity index (χ0v) is 13.3. The second-order valence-corrected chi connectivity index (χ2v) is 6.81. The zero-order chi connectivity index (χ0) is 14.5. The normalized spacial score (nSPS) is 17.9. The largest absolute Gasteiger partial charge is 0.330 e. The zero-order valence-electron chi connectivity index (χ0n) is 12.5. The molecular formula is C18H24N2S. The number of thiophene rings is 1. The molecular weight excluding hydrogens is 276 g/mol. The number of nitrogens with two attached hydrogens (primary N) is 1. The molecule has 1 atom stereocenters. The minimum Gasteiger partial charge on any atom is -0.330 e. The molecule has 0 spiro atoms. The lowest BCUT2D eigenvalue weighted by molar-refractivity contribution is 0.169. The highest BCUT2D eigenvalue weighted by atomic mass is 32.1. The molecule has 1 heterocycles. The molecule has 21 heavy (non-hydrogen) atoms. The van der Waals surface area contributed by atoms with Gasteiger partial charge in [0.1, 0.15) is 0 Å². The van der Waals surface area contributed by atoms with Gasteiger partial charge < -0.3 is 5.73 Å². The van der Waals surface area contributed by atoms with Gasteiger partial charge in [-0.25, -0.2) is 0 Å². The third-order valence-corrected chi connectivity index (χ3v) is 5.34. The smallest absolute Gasteiger partial charge is 0.0362 e. The average Bonchev–Trinajstić information content (AvgIpc) is 3.01. The van der Waals surface area contributed by atoms with Gasteiger partial charge in [0, 0.05) is 24.0 Å². The number of aryl methyl sites for hydroxylation is 1. The fourth-order valence-electron chi connectivity index (χ4n) is 3.30. The lowest BCUT2D eigenvalue weighted by Crippen LogP contribution is -2.32. The van der Waals surface area contributed by atoms with E-state index in [9.17, 15) is 0 Å². The molecule has 0 amide bonds. The van der Waals surface area contributed by atoms with E-state index in [1.165, 1.54) is 24.8 Å². The number of hydrogen-bond acceptors (Lipinski definition) is 3. The first-order valence-electron chi connectivity index (χ1n) is 7.93. The Morgan fingerprint density at radius 3 is 2.86 bits per heavy atom. The van der Waals surface area contributed by atoms with E-state index in [-0.39, 0.29) is 0 Å². The van der Waals surface area contributed by atoms with Crippen molar-refractivity contribution in [1.29, 1.82) is 0 Å². The number of hydrogen-bond donors (Lipinski definition) is 1. The quantitative estimate of drug-likeness (QED) is 0.874. The van der Waals surface area contributed by atoms with Gasteiger partial charge in [-0.1, -0.05) is 30.3 Å². The van der Waals surface area contributed by atoms with Crippen molar-refractivity contribution in [1.82, 2.24) is 4.90 Å². The molecule has 2 N–H and O–H groups in total. The molecule has 1 unspecified atom stereocenters. The van der Waals surface area contributed by atoms with Crippen molar-refractivity contribution in [2.45, 2.75) is 38.3 Å². The van der Waals surface area contributed by atoms with Crippen LogP contribution in [0.25, 0.3) is 0 Å². The maximum atomic E-state index is 5.75. The van der Waals surface area contributed by atoms with Crippen LogP contribution in [0.3, 0.4) is 0 Å². The Morgan fingerprint density at radius 2 is 2.05 bits per heavy atom. The van der Waals surface area contributed by atoms with Crippen LogP contribution in [0.2, 0.25) is 0 Å². The summed E-state index contributed by atoms with van der Waals surface area (Å²) in [6, 6.07) is 13.7. The van der Waals surface area contributed by atoms with Crippen LogP contribution < -0.4 is 5.73 Å². The first-order chi connectivity index (χ1) is 10.4. The Morgan fingerprint density at radius 1 is 1.19 bits per heavy atom. The van der Waals surface area contributed by atoms with Crippen LogP contribution in [0, 0.1) is 0 Å². The highest BCUT2D eigenvalue weighted by molar-refractivity contribution is 7.10. The van der Waals surface area contributed by atoms with Gasteiger partial charge in [-0.3, -0.25) is 4.90 Å². The van der Waals surface area contributed by atoms with Gasteiger partial charge in [0.2, 0.25) is 0 Å². The Hall–Kier alpha value is -1.16. The van der Waals surface area contributed by atoms with E-state index in [0.717, 1.165) is 26.1 Å². The summed E-state index contributed by atoms with van der Waals surface area (Å²) < 4.78 is 0. The molecule has 3 rings (SSSR count). The molecule has 0 aliphatic heterocycles. The third kappa shape index (κ3) is 3.54. The van der Waals surface area contributed by atoms with Gasteiger partial charge in [-0.15, -0.1) is 11.3 Å². The Labute approximate surface area is 131 Å². The molecule has 1 aliphatic rings. The first-order valence-corrected chi connectivity index (χ1v) is 8.81. The number of nitrogens with zero attached hydrogens (tertiary/aromatic N) is 1. The summed E-state index contributed by atoms with van der Waals surface area (Å²) in [5, 5.41) is 2.26. The first kappa shape index (κ1) is 14.8. The molecule has 0 saturated heterocycles. The summed E-state index contributed by atoms with van der Waals surface area (Å²) >= 11 is 1.93. The molecule has 1 aromatic carbocycles. The summed E-state index contributed by atoms with van der Waals surface area (Å²) in [5.74, 6) is 0. The van der Waals surface area contributed by atoms with Crippen molar-refractivity contribution in [3.63, 3.8) is 0 Å². The monoisotopic (exact) mass is 300 g/mol. The molecule has 2 nitrogen and oxygen atoms in total. The van der Waals surface area contributed by atoms with Crippen LogP contribution in [-0.2, 0) is 13.0 Å². The summed E-state index contributed by atoms with van der Waals surface area (Å²) in [6.45, 7) is 2.89. The Bertz CT molecular complexity index is 549. The standard InChI is InChI=1S/C18H24N2S/c19-11-5-12-20(14-15-6-2-1-3-7-15)17-8-4-9-18-16(17)10-13-21-18/h1-3,6-7,10,13,17H,4-5,8-9,11-12,14,19H2. The topological polar surface area (TPSA) is 29.3 Å². The average molecular weight is 300 g/mol. The minimum absolute atomic E-state index is 0.576. The highest BCUT2D eigenvalue weighted by Crippen LogP contribution is 2.37. The molecule has 2 aromatic rings. The van der Waals surface area contributed by atoms with Crippen molar-refractivity contribution in [2.24, 2.45) is 5.73 Å². The molecule has 0 bridgehead atoms. The van der Waals surface area contributed by atoms with Gasteiger partial charge in [-0.2, -0.15) is 0 Å². The van der Waals surface area contributed by atoms with E-state index in [4.69, 9.17) is 5.73 Å². The van der Waals surface area contributed by atoms with Crippen molar-refractivity contribution in [2.75, 3.05) is 13.1 Å². The van der Waals surface area contributed by atoms with Gasteiger partial charge in [0.05, 0.1) is 0 Å².